The second kappa shape index (κ2) is 25.8. The molecule has 1 saturated heterocycles. The number of nitrogens with zero attached hydrogens (tertiary/aromatic N) is 7. The van der Waals surface area contributed by atoms with Crippen LogP contribution in [0.5, 0.6) is 11.5 Å². The van der Waals surface area contributed by atoms with Crippen LogP contribution >= 0.6 is 8.53 Å². The number of fused-ring (bicyclic) bond motifs is 1. The number of nitrogens with one attached hydrogen (secondary N) is 1. The molecular formula is C62H67N8O7P. The first kappa shape index (κ1) is 55.4. The molecule has 0 radical (unpaired) electrons. The molecule has 0 aliphatic carbocycles. The third-order valence-corrected chi connectivity index (χ3v) is 16.4. The van der Waals surface area contributed by atoms with Crippen molar-refractivity contribution in [3.8, 4) is 17.6 Å². The lowest BCUT2D eigenvalue weighted by molar-refractivity contribution is -0.143. The Morgan fingerprint density at radius 2 is 1.26 bits per heavy atom. The van der Waals surface area contributed by atoms with Gasteiger partial charge in [0.2, 0.25) is 0 Å². The number of ether oxygens (including phenoxy) is 4. The van der Waals surface area contributed by atoms with Crippen LogP contribution in [0.1, 0.15) is 84.4 Å². The van der Waals surface area contributed by atoms with E-state index in [1.54, 1.807) is 39.8 Å². The SMILES string of the molecule is COc1ccc(C(OC[C@@H]2[C@@H](OP(OCCC#N)N(C(C)C)C(C)C)[C@H](OC)[C@H](n3cnc4c(NC(=O)c5ccccc5)ncnc43)CN2C(c2ccccc2)c2ccccc2)(c2ccccc2)c2ccc(OC)cc2)cc1. The van der Waals surface area contributed by atoms with E-state index in [4.69, 9.17) is 38.0 Å². The second-order valence-corrected chi connectivity index (χ2v) is 21.0. The molecule has 6 aromatic carbocycles. The molecule has 1 aliphatic rings. The highest BCUT2D eigenvalue weighted by Crippen LogP contribution is 2.52. The van der Waals surface area contributed by atoms with E-state index in [9.17, 15) is 10.1 Å². The Labute approximate surface area is 458 Å². The van der Waals surface area contributed by atoms with Gasteiger partial charge in [-0.15, -0.1) is 0 Å². The highest BCUT2D eigenvalue weighted by atomic mass is 31.2. The number of nitriles is 1. The summed E-state index contributed by atoms with van der Waals surface area (Å²) in [6.45, 7) is 9.12. The van der Waals surface area contributed by atoms with Gasteiger partial charge in [-0.25, -0.2) is 19.6 Å². The number of benzene rings is 6. The van der Waals surface area contributed by atoms with E-state index < -0.39 is 38.4 Å². The largest absolute Gasteiger partial charge is 0.497 e. The summed E-state index contributed by atoms with van der Waals surface area (Å²) in [5, 5.41) is 12.8. The van der Waals surface area contributed by atoms with Crippen LogP contribution in [0, 0.1) is 11.3 Å². The summed E-state index contributed by atoms with van der Waals surface area (Å²) in [6, 6.07) is 57.0. The normalized spacial score (nSPS) is 17.4. The fraction of sp³-hybridized carbons (Fsp3) is 0.306. The predicted molar refractivity (Wildman–Crippen MR) is 303 cm³/mol. The summed E-state index contributed by atoms with van der Waals surface area (Å²) in [7, 11) is 3.15. The topological polar surface area (TPSA) is 158 Å². The fourth-order valence-electron chi connectivity index (χ4n) is 10.7. The number of carbonyl (C=O) groups excluding carboxylic acids is 1. The minimum absolute atomic E-state index is 0.0135. The second-order valence-electron chi connectivity index (χ2n) is 19.6. The summed E-state index contributed by atoms with van der Waals surface area (Å²) in [5.74, 6) is 1.36. The molecule has 16 heteroatoms. The van der Waals surface area contributed by atoms with Crippen LogP contribution in [0.25, 0.3) is 11.2 Å². The Hall–Kier alpha value is -7.38. The van der Waals surface area contributed by atoms with Crippen molar-refractivity contribution in [3.05, 3.63) is 216 Å². The summed E-state index contributed by atoms with van der Waals surface area (Å²) < 4.78 is 45.0. The van der Waals surface area contributed by atoms with Gasteiger partial charge in [-0.2, -0.15) is 5.26 Å². The highest BCUT2D eigenvalue weighted by Gasteiger charge is 2.52. The Morgan fingerprint density at radius 1 is 0.718 bits per heavy atom. The van der Waals surface area contributed by atoms with Crippen molar-refractivity contribution in [2.75, 3.05) is 46.4 Å². The molecule has 1 amide bonds. The van der Waals surface area contributed by atoms with Crippen molar-refractivity contribution in [1.29, 1.82) is 5.26 Å². The number of piperidine rings is 1. The van der Waals surface area contributed by atoms with Gasteiger partial charge in [-0.1, -0.05) is 133 Å². The van der Waals surface area contributed by atoms with Gasteiger partial charge in [0.25, 0.3) is 14.4 Å². The van der Waals surface area contributed by atoms with E-state index in [2.05, 4.69) is 139 Å². The quantitative estimate of drug-likeness (QED) is 0.0367. The number of imidazole rings is 1. The maximum Gasteiger partial charge on any atom is 0.259 e. The molecule has 1 N–H and O–H groups in total. The average Bonchev–Trinajstić information content (AvgIpc) is 4.07. The first-order valence-corrected chi connectivity index (χ1v) is 27.4. The molecule has 3 heterocycles. The zero-order valence-corrected chi connectivity index (χ0v) is 46.0. The van der Waals surface area contributed by atoms with Gasteiger partial charge in [-0.3, -0.25) is 9.69 Å². The van der Waals surface area contributed by atoms with E-state index in [-0.39, 0.29) is 49.5 Å². The smallest absolute Gasteiger partial charge is 0.259 e. The minimum atomic E-state index is -1.88. The van der Waals surface area contributed by atoms with Crippen LogP contribution in [0.4, 0.5) is 5.82 Å². The van der Waals surface area contributed by atoms with E-state index in [0.29, 0.717) is 34.8 Å². The molecular weight excluding hydrogens is 1000 g/mol. The molecule has 1 fully saturated rings. The summed E-state index contributed by atoms with van der Waals surface area (Å²) in [4.78, 5) is 30.4. The maximum atomic E-state index is 13.6. The standard InChI is InChI=1S/C62H67N8O7P/c1-43(2)70(44(3)4)78(76-38-20-37-63)77-58-54(40-75-62(48-27-18-11-19-28-48,49-29-33-51(72-5)34-30-49)50-31-35-52(73-6)36-32-50)68(56(45-21-12-8-13-22-45)46-23-14-9-15-24-46)39-53(57(58)74-7)69-42-66-55-59(64-41-65-60(55)69)67-61(71)47-25-16-10-17-26-47/h8-19,21-36,41-44,53-54,56-58H,20,38-40H2,1-7H3,(H,64,65,67,71)/t53-,54-,57-,58-,78?/m1/s1. The number of hydrogen-bond donors (Lipinski definition) is 1. The number of aromatic nitrogens is 4. The van der Waals surface area contributed by atoms with Crippen LogP contribution in [-0.2, 0) is 24.1 Å². The van der Waals surface area contributed by atoms with E-state index in [0.717, 1.165) is 27.8 Å². The zero-order chi connectivity index (χ0) is 54.6. The molecule has 0 spiro atoms. The van der Waals surface area contributed by atoms with Crippen LogP contribution in [-0.4, -0.2) is 106 Å². The number of likely N-dealkylation sites (tertiary alicyclic amines) is 1. The molecule has 1 unspecified atom stereocenters. The monoisotopic (exact) mass is 1070 g/mol. The maximum absolute atomic E-state index is 13.6. The predicted octanol–water partition coefficient (Wildman–Crippen LogP) is 11.8. The van der Waals surface area contributed by atoms with Gasteiger partial charge < -0.3 is 37.9 Å². The van der Waals surface area contributed by atoms with Crippen LogP contribution in [0.2, 0.25) is 0 Å². The number of amides is 1. The number of rotatable bonds is 23. The Balaban J connectivity index is 1.28. The van der Waals surface area contributed by atoms with Crippen molar-refractivity contribution in [3.63, 3.8) is 0 Å². The van der Waals surface area contributed by atoms with Gasteiger partial charge in [0.1, 0.15) is 35.6 Å². The summed E-state index contributed by atoms with van der Waals surface area (Å²) >= 11 is 0. The lowest BCUT2D eigenvalue weighted by Gasteiger charge is -2.53. The molecule has 15 nitrogen and oxygen atoms in total. The van der Waals surface area contributed by atoms with Gasteiger partial charge in [0.05, 0.1) is 64.4 Å². The third kappa shape index (κ3) is 11.9. The zero-order valence-electron chi connectivity index (χ0n) is 45.1. The number of methoxy groups -OCH3 is 3. The molecule has 0 bridgehead atoms. The first-order chi connectivity index (χ1) is 38.1. The first-order valence-electron chi connectivity index (χ1n) is 26.3. The summed E-state index contributed by atoms with van der Waals surface area (Å²) in [6.07, 6.45) is 1.83. The lowest BCUT2D eigenvalue weighted by Crippen LogP contribution is -2.63. The lowest BCUT2D eigenvalue weighted by atomic mass is 9.79. The number of anilines is 1. The van der Waals surface area contributed by atoms with Gasteiger partial charge in [-0.05, 0) is 91.9 Å². The van der Waals surface area contributed by atoms with Crippen LogP contribution in [0.15, 0.2) is 183 Å². The molecule has 5 atom stereocenters. The Bertz CT molecular complexity index is 3110. The average molecular weight is 1070 g/mol. The molecule has 0 saturated carbocycles. The van der Waals surface area contributed by atoms with Gasteiger partial charge in [0.15, 0.2) is 17.0 Å². The molecule has 402 valence electrons. The van der Waals surface area contributed by atoms with Crippen molar-refractivity contribution in [2.24, 2.45) is 0 Å². The summed E-state index contributed by atoms with van der Waals surface area (Å²) in [5.41, 5.74) is 4.90. The van der Waals surface area contributed by atoms with Crippen LogP contribution < -0.4 is 14.8 Å². The van der Waals surface area contributed by atoms with Crippen molar-refractivity contribution in [1.82, 2.24) is 29.1 Å². The highest BCUT2D eigenvalue weighted by molar-refractivity contribution is 7.44. The molecule has 78 heavy (non-hydrogen) atoms. The Kier molecular flexibility index (Phi) is 18.4. The van der Waals surface area contributed by atoms with Crippen LogP contribution in [0.3, 0.4) is 0 Å². The van der Waals surface area contributed by atoms with Gasteiger partial charge >= 0.3 is 0 Å². The Morgan fingerprint density at radius 3 is 1.78 bits per heavy atom. The molecule has 8 aromatic rings. The van der Waals surface area contributed by atoms with Crippen molar-refractivity contribution >= 4 is 31.4 Å². The van der Waals surface area contributed by atoms with E-state index in [1.807, 2.05) is 77.4 Å². The molecule has 2 aromatic heterocycles. The molecule has 9 rings (SSSR count). The minimum Gasteiger partial charge on any atom is -0.497 e. The number of carbonyl (C=O) groups is 1. The van der Waals surface area contributed by atoms with Crippen molar-refractivity contribution < 1.29 is 32.8 Å². The van der Waals surface area contributed by atoms with E-state index >= 15 is 0 Å². The third-order valence-electron chi connectivity index (χ3n) is 14.2. The van der Waals surface area contributed by atoms with E-state index in [1.165, 1.54) is 6.33 Å². The van der Waals surface area contributed by atoms with Gasteiger partial charge in [0, 0.05) is 31.3 Å². The number of hydrogen-bond acceptors (Lipinski definition) is 13. The van der Waals surface area contributed by atoms with Crippen molar-refractivity contribution in [2.45, 2.75) is 82.1 Å². The molecule has 1 aliphatic heterocycles. The fourth-order valence-corrected chi connectivity index (χ4v) is 12.5.